The normalized spacial score (nSPS) is 25.7. The number of nitrogens with zero attached hydrogens (tertiary/aromatic N) is 1. The molecule has 0 aliphatic carbocycles. The minimum Gasteiger partial charge on any atom is -0.394 e. The molecule has 1 saturated heterocycles. The van der Waals surface area contributed by atoms with Crippen LogP contribution in [0.25, 0.3) is 0 Å². The number of rotatable bonds is 2. The van der Waals surface area contributed by atoms with Gasteiger partial charge in [-0.05, 0) is 48.0 Å². The van der Waals surface area contributed by atoms with Crippen molar-refractivity contribution in [1.82, 2.24) is 5.32 Å². The van der Waals surface area contributed by atoms with Crippen LogP contribution in [0.2, 0.25) is 0 Å². The van der Waals surface area contributed by atoms with Crippen molar-refractivity contribution in [2.24, 2.45) is 0 Å². The van der Waals surface area contributed by atoms with Crippen LogP contribution < -0.4 is 10.2 Å². The number of para-hydroxylation sites is 1. The zero-order chi connectivity index (χ0) is 12.3. The van der Waals surface area contributed by atoms with Gasteiger partial charge in [0.05, 0.1) is 18.3 Å². The van der Waals surface area contributed by atoms with Gasteiger partial charge in [-0.15, -0.1) is 0 Å². The fraction of sp³-hybridized carbons (Fsp3) is 0.538. The summed E-state index contributed by atoms with van der Waals surface area (Å²) < 4.78 is 1.09. The lowest BCUT2D eigenvalue weighted by Gasteiger charge is -2.36. The van der Waals surface area contributed by atoms with Gasteiger partial charge in [0, 0.05) is 17.1 Å². The van der Waals surface area contributed by atoms with E-state index in [1.807, 2.05) is 12.1 Å². The van der Waals surface area contributed by atoms with E-state index in [0.717, 1.165) is 24.0 Å². The molecule has 1 heterocycles. The third kappa shape index (κ3) is 2.81. The van der Waals surface area contributed by atoms with E-state index in [0.29, 0.717) is 6.04 Å². The Kier molecular flexibility index (Phi) is 4.42. The Morgan fingerprint density at radius 2 is 2.24 bits per heavy atom. The number of halogens is 1. The van der Waals surface area contributed by atoms with Gasteiger partial charge < -0.3 is 15.3 Å². The maximum atomic E-state index is 9.56. The molecule has 3 nitrogen and oxygen atoms in total. The number of aliphatic hydroxyl groups excluding tert-OH is 1. The van der Waals surface area contributed by atoms with E-state index in [-0.39, 0.29) is 12.6 Å². The Labute approximate surface area is 111 Å². The Morgan fingerprint density at radius 3 is 2.94 bits per heavy atom. The van der Waals surface area contributed by atoms with Gasteiger partial charge in [0.15, 0.2) is 0 Å². The van der Waals surface area contributed by atoms with Gasteiger partial charge in [-0.25, -0.2) is 0 Å². The molecular formula is C13H19BrN2O. The Hall–Kier alpha value is -0.580. The zero-order valence-electron chi connectivity index (χ0n) is 10.1. The lowest BCUT2D eigenvalue weighted by molar-refractivity contribution is 0.255. The molecule has 94 valence electrons. The largest absolute Gasteiger partial charge is 0.394 e. The molecule has 2 rings (SSSR count). The molecule has 1 aromatic rings. The highest BCUT2D eigenvalue weighted by atomic mass is 79.9. The first-order chi connectivity index (χ1) is 8.24. The molecule has 0 aromatic heterocycles. The fourth-order valence-electron chi connectivity index (χ4n) is 2.42. The van der Waals surface area contributed by atoms with E-state index in [1.54, 1.807) is 0 Å². The molecule has 1 aromatic carbocycles. The predicted octanol–water partition coefficient (Wildman–Crippen LogP) is 2.00. The molecule has 1 aliphatic heterocycles. The molecule has 1 aliphatic rings. The summed E-state index contributed by atoms with van der Waals surface area (Å²) in [5.41, 5.74) is 1.17. The Balaban J connectivity index is 2.34. The van der Waals surface area contributed by atoms with Gasteiger partial charge in [0.1, 0.15) is 0 Å². The minimum absolute atomic E-state index is 0.145. The molecular weight excluding hydrogens is 280 g/mol. The second kappa shape index (κ2) is 5.85. The van der Waals surface area contributed by atoms with Crippen molar-refractivity contribution >= 4 is 21.6 Å². The summed E-state index contributed by atoms with van der Waals surface area (Å²) in [6.07, 6.45) is 1.10. The maximum Gasteiger partial charge on any atom is 0.0648 e. The van der Waals surface area contributed by atoms with Crippen LogP contribution in [0.5, 0.6) is 0 Å². The first-order valence-corrected chi connectivity index (χ1v) is 6.87. The quantitative estimate of drug-likeness (QED) is 0.877. The highest BCUT2D eigenvalue weighted by molar-refractivity contribution is 9.10. The van der Waals surface area contributed by atoms with E-state index < -0.39 is 0 Å². The number of anilines is 1. The smallest absolute Gasteiger partial charge is 0.0648 e. The Bertz CT molecular complexity index is 372. The van der Waals surface area contributed by atoms with Crippen LogP contribution in [-0.4, -0.2) is 36.9 Å². The van der Waals surface area contributed by atoms with Gasteiger partial charge in [-0.3, -0.25) is 0 Å². The monoisotopic (exact) mass is 298 g/mol. The third-order valence-corrected chi connectivity index (χ3v) is 4.00. The van der Waals surface area contributed by atoms with Gasteiger partial charge >= 0.3 is 0 Å². The summed E-state index contributed by atoms with van der Waals surface area (Å²) >= 11 is 3.60. The molecule has 2 N–H and O–H groups in total. The van der Waals surface area contributed by atoms with E-state index in [2.05, 4.69) is 45.2 Å². The zero-order valence-corrected chi connectivity index (χ0v) is 11.7. The molecule has 2 unspecified atom stereocenters. The summed E-state index contributed by atoms with van der Waals surface area (Å²) in [5, 5.41) is 12.9. The first-order valence-electron chi connectivity index (χ1n) is 6.08. The molecule has 0 spiro atoms. The second-order valence-corrected chi connectivity index (χ2v) is 5.39. The lowest BCUT2D eigenvalue weighted by Crippen LogP contribution is -2.46. The number of benzene rings is 1. The SMILES string of the molecule is CC1CCNCC(CO)N1c1ccccc1Br. The number of nitrogens with one attached hydrogen (secondary N) is 1. The highest BCUT2D eigenvalue weighted by Gasteiger charge is 2.26. The van der Waals surface area contributed by atoms with Crippen molar-refractivity contribution in [1.29, 1.82) is 0 Å². The molecule has 0 amide bonds. The maximum absolute atomic E-state index is 9.56. The molecule has 0 radical (unpaired) electrons. The van der Waals surface area contributed by atoms with Crippen LogP contribution >= 0.6 is 15.9 Å². The minimum atomic E-state index is 0.145. The number of hydrogen-bond donors (Lipinski definition) is 2. The summed E-state index contributed by atoms with van der Waals surface area (Å²) in [5.74, 6) is 0. The molecule has 17 heavy (non-hydrogen) atoms. The van der Waals surface area contributed by atoms with Gasteiger partial charge in [0.25, 0.3) is 0 Å². The summed E-state index contributed by atoms with van der Waals surface area (Å²) in [7, 11) is 0. The van der Waals surface area contributed by atoms with Crippen LogP contribution in [0.1, 0.15) is 13.3 Å². The van der Waals surface area contributed by atoms with Crippen LogP contribution in [-0.2, 0) is 0 Å². The molecule has 2 atom stereocenters. The Morgan fingerprint density at radius 1 is 1.47 bits per heavy atom. The number of hydrogen-bond acceptors (Lipinski definition) is 3. The van der Waals surface area contributed by atoms with Crippen LogP contribution in [0.3, 0.4) is 0 Å². The van der Waals surface area contributed by atoms with Crippen molar-refractivity contribution < 1.29 is 5.11 Å². The third-order valence-electron chi connectivity index (χ3n) is 3.33. The van der Waals surface area contributed by atoms with E-state index in [1.165, 1.54) is 5.69 Å². The van der Waals surface area contributed by atoms with Crippen molar-refractivity contribution in [3.05, 3.63) is 28.7 Å². The van der Waals surface area contributed by atoms with Crippen molar-refractivity contribution in [2.75, 3.05) is 24.6 Å². The average Bonchev–Trinajstić information content (AvgIpc) is 2.52. The van der Waals surface area contributed by atoms with E-state index in [9.17, 15) is 5.11 Å². The molecule has 0 bridgehead atoms. The molecule has 0 saturated carbocycles. The predicted molar refractivity (Wildman–Crippen MR) is 74.4 cm³/mol. The van der Waals surface area contributed by atoms with Crippen LogP contribution in [0, 0.1) is 0 Å². The molecule has 4 heteroatoms. The van der Waals surface area contributed by atoms with E-state index >= 15 is 0 Å². The summed E-state index contributed by atoms with van der Waals surface area (Å²) in [6, 6.07) is 8.79. The van der Waals surface area contributed by atoms with Crippen molar-refractivity contribution in [2.45, 2.75) is 25.4 Å². The highest BCUT2D eigenvalue weighted by Crippen LogP contribution is 2.30. The molecule has 1 fully saturated rings. The summed E-state index contributed by atoms with van der Waals surface area (Å²) in [6.45, 7) is 4.24. The van der Waals surface area contributed by atoms with Crippen molar-refractivity contribution in [3.63, 3.8) is 0 Å². The first kappa shape index (κ1) is 12.9. The van der Waals surface area contributed by atoms with Crippen molar-refractivity contribution in [3.8, 4) is 0 Å². The average molecular weight is 299 g/mol. The summed E-state index contributed by atoms with van der Waals surface area (Å²) in [4.78, 5) is 2.32. The van der Waals surface area contributed by atoms with Gasteiger partial charge in [-0.2, -0.15) is 0 Å². The number of aliphatic hydroxyl groups is 1. The van der Waals surface area contributed by atoms with Crippen LogP contribution in [0.15, 0.2) is 28.7 Å². The lowest BCUT2D eigenvalue weighted by atomic mass is 10.1. The van der Waals surface area contributed by atoms with Gasteiger partial charge in [-0.1, -0.05) is 12.1 Å². The second-order valence-electron chi connectivity index (χ2n) is 4.54. The van der Waals surface area contributed by atoms with Gasteiger partial charge in [0.2, 0.25) is 0 Å². The fourth-order valence-corrected chi connectivity index (χ4v) is 2.91. The topological polar surface area (TPSA) is 35.5 Å². The van der Waals surface area contributed by atoms with E-state index in [4.69, 9.17) is 0 Å². The standard InChI is InChI=1S/C13H19BrN2O/c1-10-6-7-15-8-11(9-17)16(10)13-5-3-2-4-12(13)14/h2-5,10-11,15,17H,6-9H2,1H3. The van der Waals surface area contributed by atoms with Crippen LogP contribution in [0.4, 0.5) is 5.69 Å².